The van der Waals surface area contributed by atoms with Gasteiger partial charge in [-0.25, -0.2) is 4.98 Å². The van der Waals surface area contributed by atoms with E-state index in [1.807, 2.05) is 37.4 Å². The molecule has 0 aliphatic carbocycles. The van der Waals surface area contributed by atoms with Crippen molar-refractivity contribution in [3.8, 4) is 0 Å². The molecule has 0 fully saturated rings. The molecule has 21 heavy (non-hydrogen) atoms. The third-order valence-electron chi connectivity index (χ3n) is 3.45. The van der Waals surface area contributed by atoms with Crippen molar-refractivity contribution in [2.75, 3.05) is 5.32 Å². The van der Waals surface area contributed by atoms with E-state index in [1.165, 1.54) is 11.3 Å². The molecule has 1 amide bonds. The van der Waals surface area contributed by atoms with Gasteiger partial charge in [0.25, 0.3) is 0 Å². The maximum atomic E-state index is 12.5. The lowest BCUT2D eigenvalue weighted by molar-refractivity contribution is -0.120. The molecule has 0 unspecified atom stereocenters. The van der Waals surface area contributed by atoms with Gasteiger partial charge < -0.3 is 5.32 Å². The highest BCUT2D eigenvalue weighted by Crippen LogP contribution is 2.28. The maximum absolute atomic E-state index is 12.5. The van der Waals surface area contributed by atoms with Crippen LogP contribution in [0.5, 0.6) is 0 Å². The average Bonchev–Trinajstić information content (AvgIpc) is 2.87. The molecule has 0 bridgehead atoms. The number of halogens is 1. The van der Waals surface area contributed by atoms with Gasteiger partial charge in [0.1, 0.15) is 0 Å². The Morgan fingerprint density at radius 3 is 2.67 bits per heavy atom. The fourth-order valence-corrected chi connectivity index (χ4v) is 2.93. The number of nitrogens with zero attached hydrogens (tertiary/aromatic N) is 1. The standard InChI is InChI=1S/C16H19ClN2OS/c1-10(2)13-9-21-15(18-13)19-14(20)16(3,4)11-6-5-7-12(17)8-11/h5-10H,1-4H3,(H,18,19,20). The Balaban J connectivity index is 2.18. The Labute approximate surface area is 134 Å². The zero-order chi connectivity index (χ0) is 15.6. The Bertz CT molecular complexity index is 649. The van der Waals surface area contributed by atoms with E-state index >= 15 is 0 Å². The normalized spacial score (nSPS) is 11.7. The molecule has 1 N–H and O–H groups in total. The average molecular weight is 323 g/mol. The minimum atomic E-state index is -0.672. The van der Waals surface area contributed by atoms with Crippen molar-refractivity contribution >= 4 is 34.0 Å². The fourth-order valence-electron chi connectivity index (χ4n) is 1.87. The monoisotopic (exact) mass is 322 g/mol. The van der Waals surface area contributed by atoms with Gasteiger partial charge in [-0.2, -0.15) is 0 Å². The van der Waals surface area contributed by atoms with Gasteiger partial charge in [0, 0.05) is 10.4 Å². The van der Waals surface area contributed by atoms with Gasteiger partial charge in [0.15, 0.2) is 5.13 Å². The molecule has 0 saturated carbocycles. The van der Waals surface area contributed by atoms with Gasteiger partial charge in [0.2, 0.25) is 5.91 Å². The Hall–Kier alpha value is -1.39. The number of anilines is 1. The third kappa shape index (κ3) is 3.63. The number of carbonyl (C=O) groups excluding carboxylic acids is 1. The van der Waals surface area contributed by atoms with E-state index in [9.17, 15) is 4.79 Å². The first-order valence-corrected chi connectivity index (χ1v) is 8.09. The summed E-state index contributed by atoms with van der Waals surface area (Å²) in [5.74, 6) is 0.266. The number of hydrogen-bond donors (Lipinski definition) is 1. The number of carbonyl (C=O) groups is 1. The molecule has 0 spiro atoms. The van der Waals surface area contributed by atoms with Crippen LogP contribution in [0.4, 0.5) is 5.13 Å². The van der Waals surface area contributed by atoms with E-state index in [0.717, 1.165) is 11.3 Å². The van der Waals surface area contributed by atoms with Crippen LogP contribution in [0.1, 0.15) is 44.9 Å². The molecule has 1 heterocycles. The van der Waals surface area contributed by atoms with Crippen LogP contribution < -0.4 is 5.32 Å². The van der Waals surface area contributed by atoms with Crippen molar-refractivity contribution in [2.24, 2.45) is 0 Å². The van der Waals surface area contributed by atoms with E-state index in [1.54, 1.807) is 6.07 Å². The number of aromatic nitrogens is 1. The summed E-state index contributed by atoms with van der Waals surface area (Å²) >= 11 is 7.46. The molecule has 1 aromatic heterocycles. The van der Waals surface area contributed by atoms with E-state index < -0.39 is 5.41 Å². The zero-order valence-corrected chi connectivity index (χ0v) is 14.2. The quantitative estimate of drug-likeness (QED) is 0.875. The Morgan fingerprint density at radius 2 is 2.10 bits per heavy atom. The smallest absolute Gasteiger partial charge is 0.236 e. The summed E-state index contributed by atoms with van der Waals surface area (Å²) in [7, 11) is 0. The van der Waals surface area contributed by atoms with Gasteiger partial charge in [-0.15, -0.1) is 11.3 Å². The minimum absolute atomic E-state index is 0.0885. The second kappa shape index (κ2) is 6.16. The van der Waals surface area contributed by atoms with Crippen LogP contribution in [0.15, 0.2) is 29.6 Å². The lowest BCUT2D eigenvalue weighted by Gasteiger charge is -2.23. The first kappa shape index (κ1) is 16.0. The van der Waals surface area contributed by atoms with Crippen molar-refractivity contribution in [2.45, 2.75) is 39.0 Å². The second-order valence-corrected chi connectivity index (χ2v) is 7.12. The summed E-state index contributed by atoms with van der Waals surface area (Å²) in [5, 5.41) is 6.15. The molecule has 0 aliphatic rings. The molecule has 2 aromatic rings. The van der Waals surface area contributed by atoms with Crippen LogP contribution >= 0.6 is 22.9 Å². The van der Waals surface area contributed by atoms with Crippen molar-refractivity contribution in [3.63, 3.8) is 0 Å². The minimum Gasteiger partial charge on any atom is -0.301 e. The van der Waals surface area contributed by atoms with Crippen LogP contribution in [0, 0.1) is 0 Å². The molecule has 2 rings (SSSR count). The molecule has 5 heteroatoms. The van der Waals surface area contributed by atoms with E-state index in [0.29, 0.717) is 16.1 Å². The summed E-state index contributed by atoms with van der Waals surface area (Å²) < 4.78 is 0. The highest BCUT2D eigenvalue weighted by Gasteiger charge is 2.30. The number of hydrogen-bond acceptors (Lipinski definition) is 3. The highest BCUT2D eigenvalue weighted by molar-refractivity contribution is 7.13. The molecule has 1 aromatic carbocycles. The van der Waals surface area contributed by atoms with Crippen molar-refractivity contribution in [3.05, 3.63) is 45.9 Å². The predicted molar refractivity (Wildman–Crippen MR) is 89.3 cm³/mol. The first-order valence-electron chi connectivity index (χ1n) is 6.83. The van der Waals surface area contributed by atoms with Crippen LogP contribution in [-0.2, 0) is 10.2 Å². The summed E-state index contributed by atoms with van der Waals surface area (Å²) in [4.78, 5) is 17.0. The van der Waals surface area contributed by atoms with Gasteiger partial charge in [-0.05, 0) is 37.5 Å². The van der Waals surface area contributed by atoms with Crippen LogP contribution in [0.25, 0.3) is 0 Å². The van der Waals surface area contributed by atoms with Crippen molar-refractivity contribution in [1.82, 2.24) is 4.98 Å². The number of amides is 1. The van der Waals surface area contributed by atoms with Crippen molar-refractivity contribution in [1.29, 1.82) is 0 Å². The second-order valence-electron chi connectivity index (χ2n) is 5.82. The predicted octanol–water partition coefficient (Wildman–Crippen LogP) is 4.84. The van der Waals surface area contributed by atoms with Crippen LogP contribution in [0.3, 0.4) is 0 Å². The first-order chi connectivity index (χ1) is 9.80. The molecular formula is C16H19ClN2OS. The Morgan fingerprint density at radius 1 is 1.38 bits per heavy atom. The van der Waals surface area contributed by atoms with Gasteiger partial charge >= 0.3 is 0 Å². The molecule has 0 aliphatic heterocycles. The topological polar surface area (TPSA) is 42.0 Å². The largest absolute Gasteiger partial charge is 0.301 e. The van der Waals surface area contributed by atoms with Crippen molar-refractivity contribution < 1.29 is 4.79 Å². The van der Waals surface area contributed by atoms with E-state index in [4.69, 9.17) is 11.6 Å². The maximum Gasteiger partial charge on any atom is 0.236 e. The fraction of sp³-hybridized carbons (Fsp3) is 0.375. The number of nitrogens with one attached hydrogen (secondary N) is 1. The van der Waals surface area contributed by atoms with Gasteiger partial charge in [0.05, 0.1) is 11.1 Å². The van der Waals surface area contributed by atoms with Gasteiger partial charge in [-0.1, -0.05) is 37.6 Å². The highest BCUT2D eigenvalue weighted by atomic mass is 35.5. The van der Waals surface area contributed by atoms with E-state index in [2.05, 4.69) is 24.1 Å². The Kier molecular flexibility index (Phi) is 4.69. The van der Waals surface area contributed by atoms with Crippen LogP contribution in [-0.4, -0.2) is 10.9 Å². The molecule has 0 atom stereocenters. The van der Waals surface area contributed by atoms with Gasteiger partial charge in [-0.3, -0.25) is 4.79 Å². The molecular weight excluding hydrogens is 304 g/mol. The molecule has 3 nitrogen and oxygen atoms in total. The summed E-state index contributed by atoms with van der Waals surface area (Å²) in [5.41, 5.74) is 1.21. The van der Waals surface area contributed by atoms with E-state index in [-0.39, 0.29) is 5.91 Å². The molecule has 0 radical (unpaired) electrons. The van der Waals surface area contributed by atoms with Crippen LogP contribution in [0.2, 0.25) is 5.02 Å². The summed E-state index contributed by atoms with van der Waals surface area (Å²) in [6.45, 7) is 7.92. The lowest BCUT2D eigenvalue weighted by Crippen LogP contribution is -2.34. The third-order valence-corrected chi connectivity index (χ3v) is 4.46. The number of thiazole rings is 1. The molecule has 0 saturated heterocycles. The SMILES string of the molecule is CC(C)c1csc(NC(=O)C(C)(C)c2cccc(Cl)c2)n1. The zero-order valence-electron chi connectivity index (χ0n) is 12.6. The number of rotatable bonds is 4. The summed E-state index contributed by atoms with van der Waals surface area (Å²) in [6, 6.07) is 7.39. The molecule has 112 valence electrons. The lowest BCUT2D eigenvalue weighted by atomic mass is 9.84. The summed E-state index contributed by atoms with van der Waals surface area (Å²) in [6.07, 6.45) is 0. The number of benzene rings is 1.